The summed E-state index contributed by atoms with van der Waals surface area (Å²) in [6.07, 6.45) is 0. The second kappa shape index (κ2) is 7.21. The van der Waals surface area contributed by atoms with Crippen molar-refractivity contribution in [3.05, 3.63) is 45.4 Å². The van der Waals surface area contributed by atoms with E-state index in [1.165, 1.54) is 0 Å². The maximum Gasteiger partial charge on any atom is 0.163 e. The Balaban J connectivity index is 2.20. The molecule has 130 valence electrons. The smallest absolute Gasteiger partial charge is 0.163 e. The van der Waals surface area contributed by atoms with E-state index in [0.717, 1.165) is 21.9 Å². The summed E-state index contributed by atoms with van der Waals surface area (Å²) in [5.41, 5.74) is 13.9. The molecule has 0 fully saturated rings. The first kappa shape index (κ1) is 18.0. The molecular weight excluding hydrogens is 399 g/mol. The Hall–Kier alpha value is -1.80. The van der Waals surface area contributed by atoms with Crippen molar-refractivity contribution >= 4 is 79.8 Å². The van der Waals surface area contributed by atoms with E-state index in [2.05, 4.69) is 10.6 Å². The third-order valence-corrected chi connectivity index (χ3v) is 4.78. The number of benzene rings is 2. The second-order valence-corrected chi connectivity index (χ2v) is 7.04. The lowest BCUT2D eigenvalue weighted by atomic mass is 10.1. The second-order valence-electron chi connectivity index (χ2n) is 5.34. The summed E-state index contributed by atoms with van der Waals surface area (Å²) in [4.78, 5) is 0. The quantitative estimate of drug-likeness (QED) is 0.487. The number of nitrogens with two attached hydrogens (primary N) is 2. The van der Waals surface area contributed by atoms with Crippen molar-refractivity contribution in [3.8, 4) is 0 Å². The maximum atomic E-state index is 6.33. The molecule has 0 atom stereocenters. The highest BCUT2D eigenvalue weighted by atomic mass is 35.5. The molecule has 0 spiro atoms. The molecule has 9 heteroatoms. The summed E-state index contributed by atoms with van der Waals surface area (Å²) in [6, 6.07) is 7.45. The van der Waals surface area contributed by atoms with E-state index >= 15 is 0 Å². The van der Waals surface area contributed by atoms with Gasteiger partial charge in [0.1, 0.15) is 11.2 Å². The summed E-state index contributed by atoms with van der Waals surface area (Å²) in [6.45, 7) is 0.721. The van der Waals surface area contributed by atoms with Gasteiger partial charge in [-0.2, -0.15) is 0 Å². The van der Waals surface area contributed by atoms with Gasteiger partial charge in [0.15, 0.2) is 10.2 Å². The monoisotopic (exact) mass is 412 g/mol. The first-order valence-corrected chi connectivity index (χ1v) is 8.83. The van der Waals surface area contributed by atoms with Crippen molar-refractivity contribution in [1.82, 2.24) is 10.6 Å². The fourth-order valence-electron chi connectivity index (χ4n) is 2.65. The normalized spacial score (nSPS) is 11.0. The van der Waals surface area contributed by atoms with Crippen molar-refractivity contribution in [1.29, 1.82) is 0 Å². The van der Waals surface area contributed by atoms with Gasteiger partial charge in [-0.15, -0.1) is 0 Å². The van der Waals surface area contributed by atoms with Crippen molar-refractivity contribution in [2.75, 3.05) is 0 Å². The molecule has 1 heterocycles. The number of hydrogen-bond acceptors (Lipinski definition) is 3. The molecule has 0 saturated carbocycles. The van der Waals surface area contributed by atoms with Crippen LogP contribution in [0.4, 0.5) is 0 Å². The highest BCUT2D eigenvalue weighted by Crippen LogP contribution is 2.37. The van der Waals surface area contributed by atoms with Gasteiger partial charge in [-0.1, -0.05) is 23.2 Å². The molecule has 5 nitrogen and oxygen atoms in total. The molecular formula is C16H14Cl2N4OS2. The molecule has 0 amide bonds. The first-order chi connectivity index (χ1) is 11.9. The molecule has 0 radical (unpaired) electrons. The SMILES string of the molecule is NC(=S)NCc1c(Cl)ccc2c1oc1c(CNC(N)=S)c(Cl)ccc12. The summed E-state index contributed by atoms with van der Waals surface area (Å²) in [5, 5.41) is 9.14. The molecule has 25 heavy (non-hydrogen) atoms. The minimum absolute atomic E-state index is 0.188. The lowest BCUT2D eigenvalue weighted by Crippen LogP contribution is -2.28. The van der Waals surface area contributed by atoms with Gasteiger partial charge >= 0.3 is 0 Å². The van der Waals surface area contributed by atoms with Gasteiger partial charge in [0.25, 0.3) is 0 Å². The zero-order chi connectivity index (χ0) is 18.1. The van der Waals surface area contributed by atoms with Crippen LogP contribution in [0.5, 0.6) is 0 Å². The van der Waals surface area contributed by atoms with E-state index in [-0.39, 0.29) is 10.2 Å². The average Bonchev–Trinajstić information content (AvgIpc) is 2.91. The van der Waals surface area contributed by atoms with Gasteiger partial charge in [-0.25, -0.2) is 0 Å². The number of nitrogens with one attached hydrogen (secondary N) is 2. The van der Waals surface area contributed by atoms with Crippen LogP contribution >= 0.6 is 47.6 Å². The Morgan fingerprint density at radius 1 is 0.840 bits per heavy atom. The number of rotatable bonds is 4. The van der Waals surface area contributed by atoms with E-state index in [0.29, 0.717) is 34.3 Å². The standard InChI is InChI=1S/C16H14Cl2N4OS2/c17-11-3-1-7-8-2-4-12(18)10(6-22-16(20)25)14(8)23-13(7)9(11)5-21-15(19)24/h1-4H,5-6H2,(H3,19,21,24)(H3,20,22,25). The lowest BCUT2D eigenvalue weighted by molar-refractivity contribution is 0.653. The fourth-order valence-corrected chi connectivity index (χ4v) is 3.22. The molecule has 3 aromatic rings. The highest BCUT2D eigenvalue weighted by Gasteiger charge is 2.18. The van der Waals surface area contributed by atoms with Crippen LogP contribution in [-0.2, 0) is 13.1 Å². The van der Waals surface area contributed by atoms with Crippen LogP contribution in [0.15, 0.2) is 28.7 Å². The Kier molecular flexibility index (Phi) is 5.19. The van der Waals surface area contributed by atoms with Gasteiger partial charge in [0.05, 0.1) is 0 Å². The van der Waals surface area contributed by atoms with Crippen molar-refractivity contribution in [3.63, 3.8) is 0 Å². The molecule has 0 aliphatic carbocycles. The Bertz CT molecular complexity index is 925. The van der Waals surface area contributed by atoms with Crippen LogP contribution in [0.3, 0.4) is 0 Å². The van der Waals surface area contributed by atoms with Crippen molar-refractivity contribution in [2.24, 2.45) is 11.5 Å². The van der Waals surface area contributed by atoms with Crippen LogP contribution in [0.2, 0.25) is 10.0 Å². The summed E-state index contributed by atoms with van der Waals surface area (Å²) < 4.78 is 6.12. The van der Waals surface area contributed by atoms with Crippen molar-refractivity contribution in [2.45, 2.75) is 13.1 Å². The van der Waals surface area contributed by atoms with Gasteiger partial charge < -0.3 is 26.5 Å². The minimum Gasteiger partial charge on any atom is -0.455 e. The van der Waals surface area contributed by atoms with Gasteiger partial charge in [0, 0.05) is 45.0 Å². The van der Waals surface area contributed by atoms with Crippen LogP contribution < -0.4 is 22.1 Å². The first-order valence-electron chi connectivity index (χ1n) is 7.26. The summed E-state index contributed by atoms with van der Waals surface area (Å²) in [7, 11) is 0. The largest absolute Gasteiger partial charge is 0.455 e. The molecule has 0 saturated heterocycles. The summed E-state index contributed by atoms with van der Waals surface area (Å²) >= 11 is 22.4. The highest BCUT2D eigenvalue weighted by molar-refractivity contribution is 7.80. The van der Waals surface area contributed by atoms with E-state index in [1.807, 2.05) is 24.3 Å². The van der Waals surface area contributed by atoms with Crippen LogP contribution in [0.1, 0.15) is 11.1 Å². The number of halogens is 2. The van der Waals surface area contributed by atoms with Crippen LogP contribution in [0, 0.1) is 0 Å². The molecule has 3 rings (SSSR count). The van der Waals surface area contributed by atoms with E-state index in [9.17, 15) is 0 Å². The number of furan rings is 1. The molecule has 1 aromatic heterocycles. The topological polar surface area (TPSA) is 89.2 Å². The minimum atomic E-state index is 0.188. The van der Waals surface area contributed by atoms with Gasteiger partial charge in [-0.3, -0.25) is 0 Å². The zero-order valence-corrected chi connectivity index (χ0v) is 16.0. The van der Waals surface area contributed by atoms with E-state index < -0.39 is 0 Å². The number of thiocarbonyl (C=S) groups is 2. The molecule has 0 aliphatic rings. The van der Waals surface area contributed by atoms with Crippen LogP contribution in [-0.4, -0.2) is 10.2 Å². The fraction of sp³-hybridized carbons (Fsp3) is 0.125. The van der Waals surface area contributed by atoms with Crippen LogP contribution in [0.25, 0.3) is 21.9 Å². The van der Waals surface area contributed by atoms with Gasteiger partial charge in [-0.05, 0) is 48.7 Å². The van der Waals surface area contributed by atoms with Gasteiger partial charge in [0.2, 0.25) is 0 Å². The Labute approximate surface area is 164 Å². The summed E-state index contributed by atoms with van der Waals surface area (Å²) in [5.74, 6) is 0. The molecule has 0 unspecified atom stereocenters. The molecule has 6 N–H and O–H groups in total. The lowest BCUT2D eigenvalue weighted by Gasteiger charge is -2.07. The number of fused-ring (bicyclic) bond motifs is 3. The van der Waals surface area contributed by atoms with E-state index in [1.54, 1.807) is 0 Å². The van der Waals surface area contributed by atoms with Crippen molar-refractivity contribution < 1.29 is 4.42 Å². The molecule has 0 aliphatic heterocycles. The van der Waals surface area contributed by atoms with E-state index in [4.69, 9.17) is 63.5 Å². The zero-order valence-electron chi connectivity index (χ0n) is 12.9. The predicted molar refractivity (Wildman–Crippen MR) is 111 cm³/mol. The third kappa shape index (κ3) is 3.59. The predicted octanol–water partition coefficient (Wildman–Crippen LogP) is 3.56. The molecule has 2 aromatic carbocycles. The Morgan fingerprint density at radius 3 is 1.60 bits per heavy atom. The Morgan fingerprint density at radius 2 is 1.24 bits per heavy atom. The average molecular weight is 413 g/mol. The molecule has 0 bridgehead atoms. The third-order valence-electron chi connectivity index (χ3n) is 3.78. The maximum absolute atomic E-state index is 6.33. The number of hydrogen-bond donors (Lipinski definition) is 4.